The SMILES string of the molecule is O=C1CCC(=O)OS2(N=c3c(N4CCNCC4)cc4c(c3=N2)C(=O)C2C=CC=CC2C4=O)O1. The van der Waals surface area contributed by atoms with E-state index >= 15 is 0 Å². The van der Waals surface area contributed by atoms with Gasteiger partial charge in [0.15, 0.2) is 11.6 Å². The standard InChI is InChI=1S/C22H20N4O6S/c27-16-5-6-17(28)32-33(31-16)24-19-15(26-9-7-23-8-10-26)11-14-18(20(19)25-33)22(30)13-4-2-1-3-12(13)21(14)29/h1-4,11-13,23H,5-10H2. The van der Waals surface area contributed by atoms with Crippen molar-refractivity contribution >= 4 is 40.2 Å². The van der Waals surface area contributed by atoms with Gasteiger partial charge >= 0.3 is 11.9 Å². The number of Topliss-reactive ketones (excluding diaryl/α,β-unsaturated/α-hetero) is 2. The van der Waals surface area contributed by atoms with Crippen LogP contribution in [0.25, 0.3) is 0 Å². The van der Waals surface area contributed by atoms with Crippen LogP contribution in [0.2, 0.25) is 0 Å². The highest BCUT2D eigenvalue weighted by Crippen LogP contribution is 2.56. The van der Waals surface area contributed by atoms with Crippen molar-refractivity contribution in [3.8, 4) is 0 Å². The molecule has 11 heteroatoms. The van der Waals surface area contributed by atoms with E-state index in [0.717, 1.165) is 13.1 Å². The molecule has 33 heavy (non-hydrogen) atoms. The van der Waals surface area contributed by atoms with E-state index in [1.165, 1.54) is 0 Å². The third-order valence-electron chi connectivity index (χ3n) is 6.31. The second-order valence-corrected chi connectivity index (χ2v) is 9.94. The van der Waals surface area contributed by atoms with Crippen LogP contribution in [0.5, 0.6) is 0 Å². The zero-order valence-electron chi connectivity index (χ0n) is 17.5. The Kier molecular flexibility index (Phi) is 4.53. The lowest BCUT2D eigenvalue weighted by molar-refractivity contribution is -0.135. The number of piperazine rings is 1. The number of anilines is 1. The molecule has 0 bridgehead atoms. The summed E-state index contributed by atoms with van der Waals surface area (Å²) < 4.78 is 19.9. The Hall–Kier alpha value is -3.31. The van der Waals surface area contributed by atoms with Crippen molar-refractivity contribution in [2.24, 2.45) is 20.6 Å². The van der Waals surface area contributed by atoms with Gasteiger partial charge in [-0.15, -0.1) is 8.80 Å². The van der Waals surface area contributed by atoms with E-state index in [4.69, 9.17) is 8.37 Å². The van der Waals surface area contributed by atoms with Gasteiger partial charge in [-0.25, -0.2) is 9.59 Å². The number of benzene rings is 1. The lowest BCUT2D eigenvalue weighted by atomic mass is 9.72. The van der Waals surface area contributed by atoms with Crippen molar-refractivity contribution < 1.29 is 27.5 Å². The van der Waals surface area contributed by atoms with E-state index in [-0.39, 0.29) is 40.9 Å². The highest BCUT2D eigenvalue weighted by molar-refractivity contribution is 8.24. The monoisotopic (exact) mass is 468 g/mol. The van der Waals surface area contributed by atoms with Crippen LogP contribution < -0.4 is 20.9 Å². The number of carbonyl (C=O) groups excluding carboxylic acids is 4. The molecule has 0 aromatic heterocycles. The molecule has 2 saturated heterocycles. The molecule has 6 rings (SSSR count). The first-order chi connectivity index (χ1) is 16.0. The molecule has 10 nitrogen and oxygen atoms in total. The Bertz CT molecular complexity index is 1290. The maximum atomic E-state index is 13.5. The molecule has 1 aromatic carbocycles. The quantitative estimate of drug-likeness (QED) is 0.629. The van der Waals surface area contributed by atoms with Crippen molar-refractivity contribution in [1.29, 1.82) is 0 Å². The number of allylic oxidation sites excluding steroid dienone is 4. The van der Waals surface area contributed by atoms with Crippen LogP contribution >= 0.6 is 11.0 Å². The first-order valence-corrected chi connectivity index (χ1v) is 12.2. The number of carbonyl (C=O) groups is 4. The molecule has 2 aliphatic carbocycles. The van der Waals surface area contributed by atoms with Gasteiger partial charge in [-0.2, -0.15) is 0 Å². The number of rotatable bonds is 1. The number of hydrogen-bond donors (Lipinski definition) is 1. The first-order valence-electron chi connectivity index (χ1n) is 10.8. The minimum absolute atomic E-state index is 0.129. The molecule has 2 unspecified atom stereocenters. The number of fused-ring (bicyclic) bond motifs is 4. The van der Waals surface area contributed by atoms with Gasteiger partial charge in [0.1, 0.15) is 21.7 Å². The predicted molar refractivity (Wildman–Crippen MR) is 117 cm³/mol. The average molecular weight is 468 g/mol. The van der Waals surface area contributed by atoms with Crippen molar-refractivity contribution in [1.82, 2.24) is 5.32 Å². The topological polar surface area (TPSA) is 127 Å². The summed E-state index contributed by atoms with van der Waals surface area (Å²) in [5, 5.41) is 3.76. The van der Waals surface area contributed by atoms with Gasteiger partial charge in [0.25, 0.3) is 0 Å². The zero-order valence-corrected chi connectivity index (χ0v) is 18.3. The third-order valence-corrected chi connectivity index (χ3v) is 7.95. The molecule has 2 atom stereocenters. The zero-order chi connectivity index (χ0) is 22.7. The minimum Gasteiger partial charge on any atom is -0.367 e. The van der Waals surface area contributed by atoms with Gasteiger partial charge in [-0.1, -0.05) is 24.3 Å². The molecule has 170 valence electrons. The molecular weight excluding hydrogens is 448 g/mol. The van der Waals surface area contributed by atoms with Crippen LogP contribution in [0, 0.1) is 11.8 Å². The lowest BCUT2D eigenvalue weighted by Gasteiger charge is -2.32. The molecule has 0 saturated carbocycles. The number of hydrogen-bond acceptors (Lipinski definition) is 10. The second-order valence-electron chi connectivity index (χ2n) is 8.34. The Labute approximate surface area is 190 Å². The van der Waals surface area contributed by atoms with Crippen molar-refractivity contribution in [2.45, 2.75) is 12.8 Å². The Morgan fingerprint density at radius 2 is 1.48 bits per heavy atom. The van der Waals surface area contributed by atoms with Crippen molar-refractivity contribution in [3.63, 3.8) is 0 Å². The fraction of sp³-hybridized carbons (Fsp3) is 0.364. The van der Waals surface area contributed by atoms with Crippen molar-refractivity contribution in [3.05, 3.63) is 52.2 Å². The van der Waals surface area contributed by atoms with Gasteiger partial charge in [0, 0.05) is 31.7 Å². The van der Waals surface area contributed by atoms with Crippen LogP contribution in [-0.2, 0) is 18.0 Å². The smallest absolute Gasteiger partial charge is 0.334 e. The summed E-state index contributed by atoms with van der Waals surface area (Å²) in [5.41, 5.74) is 1.04. The Morgan fingerprint density at radius 1 is 0.879 bits per heavy atom. The molecule has 0 amide bonds. The number of nitrogens with zero attached hydrogens (tertiary/aromatic N) is 3. The van der Waals surface area contributed by atoms with Crippen LogP contribution in [0.1, 0.15) is 33.6 Å². The van der Waals surface area contributed by atoms with E-state index < -0.39 is 34.7 Å². The maximum absolute atomic E-state index is 13.5. The summed E-state index contributed by atoms with van der Waals surface area (Å²) in [4.78, 5) is 53.5. The number of nitrogens with one attached hydrogen (secondary N) is 1. The van der Waals surface area contributed by atoms with E-state index in [0.29, 0.717) is 24.1 Å². The summed E-state index contributed by atoms with van der Waals surface area (Å²) in [6.45, 7) is 2.77. The first kappa shape index (κ1) is 20.3. The summed E-state index contributed by atoms with van der Waals surface area (Å²) >= 11 is 0. The summed E-state index contributed by atoms with van der Waals surface area (Å²) in [7, 11) is -3.31. The molecule has 0 radical (unpaired) electrons. The maximum Gasteiger partial charge on any atom is 0.334 e. The fourth-order valence-corrected chi connectivity index (χ4v) is 6.43. The van der Waals surface area contributed by atoms with Gasteiger partial charge in [-0.05, 0) is 6.07 Å². The van der Waals surface area contributed by atoms with Gasteiger partial charge < -0.3 is 18.6 Å². The molecule has 1 spiro atoms. The molecular formula is C22H20N4O6S. The normalized spacial score (nSPS) is 28.1. The summed E-state index contributed by atoms with van der Waals surface area (Å²) in [6, 6.07) is 1.69. The second kappa shape index (κ2) is 7.35. The minimum atomic E-state index is -3.31. The average Bonchev–Trinajstić information content (AvgIpc) is 3.11. The fourth-order valence-electron chi connectivity index (χ4n) is 4.74. The van der Waals surface area contributed by atoms with Gasteiger partial charge in [0.2, 0.25) is 0 Å². The molecule has 2 fully saturated rings. The lowest BCUT2D eigenvalue weighted by Crippen LogP contribution is -2.49. The molecule has 1 aromatic rings. The molecule has 5 aliphatic rings. The highest BCUT2D eigenvalue weighted by Gasteiger charge is 2.44. The van der Waals surface area contributed by atoms with Crippen LogP contribution in [-0.4, -0.2) is 49.7 Å². The van der Waals surface area contributed by atoms with Crippen LogP contribution in [0.4, 0.5) is 5.69 Å². The van der Waals surface area contributed by atoms with Crippen LogP contribution in [0.3, 0.4) is 0 Å². The van der Waals surface area contributed by atoms with Gasteiger partial charge in [-0.3, -0.25) is 9.59 Å². The van der Waals surface area contributed by atoms with Crippen LogP contribution in [0.15, 0.2) is 39.2 Å². The molecule has 1 N–H and O–H groups in total. The van der Waals surface area contributed by atoms with Crippen molar-refractivity contribution in [2.75, 3.05) is 31.1 Å². The number of ketones is 2. The third kappa shape index (κ3) is 3.14. The summed E-state index contributed by atoms with van der Waals surface area (Å²) in [5.74, 6) is -2.91. The Morgan fingerprint density at radius 3 is 2.15 bits per heavy atom. The highest BCUT2D eigenvalue weighted by atomic mass is 32.3. The van der Waals surface area contributed by atoms with Gasteiger partial charge in [0.05, 0.1) is 35.9 Å². The van der Waals surface area contributed by atoms with E-state index in [1.54, 1.807) is 30.4 Å². The summed E-state index contributed by atoms with van der Waals surface area (Å²) in [6.07, 6.45) is 6.71. The van der Waals surface area contributed by atoms with E-state index in [1.807, 2.05) is 4.90 Å². The Balaban J connectivity index is 1.62. The van der Waals surface area contributed by atoms with E-state index in [2.05, 4.69) is 14.1 Å². The predicted octanol–water partition coefficient (Wildman–Crippen LogP) is 0.431. The molecule has 3 aliphatic heterocycles. The van der Waals surface area contributed by atoms with E-state index in [9.17, 15) is 19.2 Å². The molecule has 3 heterocycles. The largest absolute Gasteiger partial charge is 0.367 e.